The number of rotatable bonds is 3. The van der Waals surface area contributed by atoms with Gasteiger partial charge in [0.15, 0.2) is 5.75 Å². The van der Waals surface area contributed by atoms with E-state index in [9.17, 15) is 13.2 Å². The maximum atomic E-state index is 12.5. The number of methoxy groups -OCH3 is 1. The summed E-state index contributed by atoms with van der Waals surface area (Å²) in [6.07, 6.45) is -3.88. The van der Waals surface area contributed by atoms with Crippen LogP contribution in [-0.4, -0.2) is 12.1 Å². The van der Waals surface area contributed by atoms with Gasteiger partial charge in [-0.05, 0) is 18.2 Å². The highest BCUT2D eigenvalue weighted by molar-refractivity contribution is 6.31. The van der Waals surface area contributed by atoms with Crippen LogP contribution in [0.4, 0.5) is 18.9 Å². The van der Waals surface area contributed by atoms with Crippen LogP contribution >= 0.6 is 11.6 Å². The van der Waals surface area contributed by atoms with Crippen molar-refractivity contribution in [1.29, 1.82) is 0 Å². The zero-order valence-electron chi connectivity index (χ0n) is 10.7. The molecule has 0 aliphatic rings. The number of hydrogen-bond donors (Lipinski definition) is 1. The summed E-state index contributed by atoms with van der Waals surface area (Å²) in [6.45, 7) is 0. The number of nitrogen functional groups attached to an aromatic ring is 1. The largest absolute Gasteiger partial charge is 0.497 e. The molecule has 0 amide bonds. The van der Waals surface area contributed by atoms with Crippen LogP contribution in [0.2, 0.25) is 5.02 Å². The fourth-order valence-electron chi connectivity index (χ4n) is 1.51. The Morgan fingerprint density at radius 1 is 1.24 bits per heavy atom. The van der Waals surface area contributed by atoms with E-state index in [1.165, 1.54) is 19.2 Å². The molecule has 0 fully saturated rings. The third-order valence-electron chi connectivity index (χ3n) is 2.56. The summed E-state index contributed by atoms with van der Waals surface area (Å²) in [5.74, 6) is 0.567. The number of nitrogens with two attached hydrogens (primary N) is 1. The zero-order chi connectivity index (χ0) is 15.6. The normalized spacial score (nSPS) is 11.3. The van der Waals surface area contributed by atoms with E-state index in [1.54, 1.807) is 6.07 Å². The second-order valence-electron chi connectivity index (χ2n) is 4.01. The molecule has 0 aliphatic heterocycles. The Hall–Kier alpha value is -2.15. The molecule has 112 valence electrons. The minimum atomic E-state index is -4.52. The summed E-state index contributed by atoms with van der Waals surface area (Å²) in [7, 11) is 1.48. The monoisotopic (exact) mass is 318 g/mol. The SMILES string of the molecule is COc1ccc(Oc2ncc(C(F)(F)F)cc2Cl)c(N)c1. The van der Waals surface area contributed by atoms with Crippen LogP contribution in [0.1, 0.15) is 5.56 Å². The van der Waals surface area contributed by atoms with Gasteiger partial charge in [0.25, 0.3) is 0 Å². The molecule has 0 radical (unpaired) electrons. The fraction of sp³-hybridized carbons (Fsp3) is 0.154. The van der Waals surface area contributed by atoms with Gasteiger partial charge in [0.05, 0.1) is 18.4 Å². The highest BCUT2D eigenvalue weighted by Crippen LogP contribution is 2.36. The summed E-state index contributed by atoms with van der Waals surface area (Å²) >= 11 is 5.74. The van der Waals surface area contributed by atoms with Crippen molar-refractivity contribution < 1.29 is 22.6 Å². The molecule has 0 unspecified atom stereocenters. The van der Waals surface area contributed by atoms with Crippen LogP contribution in [-0.2, 0) is 6.18 Å². The first-order valence-corrected chi connectivity index (χ1v) is 6.03. The Labute approximate surface area is 123 Å². The number of benzene rings is 1. The second kappa shape index (κ2) is 5.69. The Balaban J connectivity index is 2.28. The summed E-state index contributed by atoms with van der Waals surface area (Å²) in [5.41, 5.74) is 5.02. The molecule has 0 atom stereocenters. The molecular weight excluding hydrogens is 309 g/mol. The molecule has 2 aromatic rings. The molecule has 1 aromatic carbocycles. The Bertz CT molecular complexity index is 662. The van der Waals surface area contributed by atoms with E-state index in [4.69, 9.17) is 26.8 Å². The van der Waals surface area contributed by atoms with Crippen LogP contribution in [0.25, 0.3) is 0 Å². The van der Waals surface area contributed by atoms with E-state index in [2.05, 4.69) is 4.98 Å². The molecule has 21 heavy (non-hydrogen) atoms. The van der Waals surface area contributed by atoms with E-state index < -0.39 is 11.7 Å². The number of halogens is 4. The average molecular weight is 319 g/mol. The fourth-order valence-corrected chi connectivity index (χ4v) is 1.71. The van der Waals surface area contributed by atoms with Gasteiger partial charge < -0.3 is 15.2 Å². The van der Waals surface area contributed by atoms with Crippen molar-refractivity contribution in [2.24, 2.45) is 0 Å². The molecule has 0 saturated carbocycles. The quantitative estimate of drug-likeness (QED) is 0.864. The first kappa shape index (κ1) is 15.2. The first-order valence-electron chi connectivity index (χ1n) is 5.65. The van der Waals surface area contributed by atoms with Gasteiger partial charge in [0.2, 0.25) is 5.88 Å². The Morgan fingerprint density at radius 3 is 2.48 bits per heavy atom. The smallest absolute Gasteiger partial charge is 0.417 e. The molecule has 2 N–H and O–H groups in total. The van der Waals surface area contributed by atoms with Gasteiger partial charge in [-0.2, -0.15) is 13.2 Å². The molecule has 0 bridgehead atoms. The summed E-state index contributed by atoms with van der Waals surface area (Å²) in [6, 6.07) is 5.34. The number of hydrogen-bond acceptors (Lipinski definition) is 4. The van der Waals surface area contributed by atoms with Crippen molar-refractivity contribution in [3.63, 3.8) is 0 Å². The van der Waals surface area contributed by atoms with Crippen molar-refractivity contribution in [1.82, 2.24) is 4.98 Å². The van der Waals surface area contributed by atoms with Gasteiger partial charge in [-0.1, -0.05) is 11.6 Å². The van der Waals surface area contributed by atoms with Crippen LogP contribution in [0.15, 0.2) is 30.5 Å². The molecular formula is C13H10ClF3N2O2. The lowest BCUT2D eigenvalue weighted by atomic mass is 10.2. The Kier molecular flexibility index (Phi) is 4.13. The first-order chi connectivity index (χ1) is 9.81. The number of nitrogens with zero attached hydrogens (tertiary/aromatic N) is 1. The van der Waals surface area contributed by atoms with Crippen molar-refractivity contribution >= 4 is 17.3 Å². The molecule has 1 aromatic heterocycles. The topological polar surface area (TPSA) is 57.4 Å². The van der Waals surface area contributed by atoms with Gasteiger partial charge in [0, 0.05) is 12.3 Å². The van der Waals surface area contributed by atoms with E-state index in [1.807, 2.05) is 0 Å². The van der Waals surface area contributed by atoms with Gasteiger partial charge in [-0.25, -0.2) is 4.98 Å². The number of pyridine rings is 1. The average Bonchev–Trinajstić information content (AvgIpc) is 2.41. The van der Waals surface area contributed by atoms with Gasteiger partial charge in [-0.15, -0.1) is 0 Å². The predicted octanol–water partition coefficient (Wildman–Crippen LogP) is 4.14. The molecule has 1 heterocycles. The molecule has 4 nitrogen and oxygen atoms in total. The van der Waals surface area contributed by atoms with Crippen molar-refractivity contribution in [2.45, 2.75) is 6.18 Å². The zero-order valence-corrected chi connectivity index (χ0v) is 11.5. The summed E-state index contributed by atoms with van der Waals surface area (Å²) in [5, 5.41) is -0.264. The molecule has 0 saturated heterocycles. The van der Waals surface area contributed by atoms with Gasteiger partial charge in [0.1, 0.15) is 10.8 Å². The highest BCUT2D eigenvalue weighted by atomic mass is 35.5. The highest BCUT2D eigenvalue weighted by Gasteiger charge is 2.31. The van der Waals surface area contributed by atoms with Crippen LogP contribution in [0.3, 0.4) is 0 Å². The third-order valence-corrected chi connectivity index (χ3v) is 2.83. The molecule has 2 rings (SSSR count). The maximum Gasteiger partial charge on any atom is 0.417 e. The van der Waals surface area contributed by atoms with Crippen molar-refractivity contribution in [3.8, 4) is 17.4 Å². The predicted molar refractivity (Wildman–Crippen MR) is 71.7 cm³/mol. The summed E-state index contributed by atoms with van der Waals surface area (Å²) < 4.78 is 47.8. The third kappa shape index (κ3) is 3.49. The lowest BCUT2D eigenvalue weighted by Gasteiger charge is -2.12. The second-order valence-corrected chi connectivity index (χ2v) is 4.42. The van der Waals surface area contributed by atoms with E-state index >= 15 is 0 Å². The standard InChI is InChI=1S/C13H10ClF3N2O2/c1-20-8-2-3-11(10(18)5-8)21-12-9(14)4-7(6-19-12)13(15,16)17/h2-6H,18H2,1H3. The van der Waals surface area contributed by atoms with Crippen molar-refractivity contribution in [2.75, 3.05) is 12.8 Å². The minimum absolute atomic E-state index is 0.165. The van der Waals surface area contributed by atoms with Crippen LogP contribution in [0.5, 0.6) is 17.4 Å². The number of anilines is 1. The molecule has 0 spiro atoms. The Morgan fingerprint density at radius 2 is 1.95 bits per heavy atom. The lowest BCUT2D eigenvalue weighted by Crippen LogP contribution is -2.06. The van der Waals surface area contributed by atoms with Crippen LogP contribution in [0, 0.1) is 0 Å². The van der Waals surface area contributed by atoms with Crippen molar-refractivity contribution in [3.05, 3.63) is 41.0 Å². The van der Waals surface area contributed by atoms with E-state index in [0.29, 0.717) is 11.9 Å². The van der Waals surface area contributed by atoms with E-state index in [-0.39, 0.29) is 22.3 Å². The number of aromatic nitrogens is 1. The van der Waals surface area contributed by atoms with Gasteiger partial charge in [-0.3, -0.25) is 0 Å². The molecule has 0 aliphatic carbocycles. The lowest BCUT2D eigenvalue weighted by molar-refractivity contribution is -0.137. The maximum absolute atomic E-state index is 12.5. The molecule has 8 heteroatoms. The minimum Gasteiger partial charge on any atom is -0.497 e. The van der Waals surface area contributed by atoms with Crippen LogP contribution < -0.4 is 15.2 Å². The summed E-state index contributed by atoms with van der Waals surface area (Å²) in [4.78, 5) is 3.56. The number of ether oxygens (including phenoxy) is 2. The van der Waals surface area contributed by atoms with Gasteiger partial charge >= 0.3 is 6.18 Å². The number of alkyl halides is 3. The van der Waals surface area contributed by atoms with E-state index in [0.717, 1.165) is 6.07 Å².